The zero-order valence-electron chi connectivity index (χ0n) is 21.9. The number of hydrogen-bond donors (Lipinski definition) is 1. The van der Waals surface area contributed by atoms with Crippen LogP contribution in [0, 0.1) is 56.7 Å². The summed E-state index contributed by atoms with van der Waals surface area (Å²) in [5, 5.41) is 10.9. The molecule has 1 N–H and O–H groups in total. The summed E-state index contributed by atoms with van der Waals surface area (Å²) in [6.45, 7) is 21.3. The van der Waals surface area contributed by atoms with Crippen molar-refractivity contribution in [2.45, 2.75) is 112 Å². The van der Waals surface area contributed by atoms with Crippen LogP contribution in [0.1, 0.15) is 106 Å². The van der Waals surface area contributed by atoms with Crippen LogP contribution in [0.25, 0.3) is 0 Å². The molecule has 5 fully saturated rings. The Balaban J connectivity index is 1.56. The van der Waals surface area contributed by atoms with Crippen molar-refractivity contribution in [1.82, 2.24) is 0 Å². The molecule has 32 heavy (non-hydrogen) atoms. The standard InChI is InChI=1S/C30H48O2/c1-18(2)19-11-13-27(5)15-16-29(7)20(24(19)27)9-10-23-28(6)17-21(31)25(32)26(3,4)22(28)12-14-30(23,29)8/h19-24,31H,1,9-17H2,2-8H3/t19-,20+,21+,22-,23+,24+,27+,28-,29+,30+/m0/s1. The highest BCUT2D eigenvalue weighted by Gasteiger charge is 2.71. The molecule has 0 bridgehead atoms. The Labute approximate surface area is 197 Å². The van der Waals surface area contributed by atoms with Gasteiger partial charge >= 0.3 is 0 Å². The van der Waals surface area contributed by atoms with Crippen LogP contribution in [-0.2, 0) is 4.79 Å². The maximum Gasteiger partial charge on any atom is 0.167 e. The second-order valence-electron chi connectivity index (χ2n) is 14.6. The lowest BCUT2D eigenvalue weighted by atomic mass is 9.32. The van der Waals surface area contributed by atoms with Gasteiger partial charge in [0.05, 0.1) is 0 Å². The van der Waals surface area contributed by atoms with E-state index in [4.69, 9.17) is 0 Å². The summed E-state index contributed by atoms with van der Waals surface area (Å²) in [6, 6.07) is 0. The number of allylic oxidation sites excluding steroid dienone is 1. The Kier molecular flexibility index (Phi) is 4.87. The van der Waals surface area contributed by atoms with E-state index in [1.54, 1.807) is 0 Å². The summed E-state index contributed by atoms with van der Waals surface area (Å²) in [5.41, 5.74) is 2.20. The number of rotatable bonds is 1. The fourth-order valence-corrected chi connectivity index (χ4v) is 11.4. The Hall–Kier alpha value is -0.630. The Morgan fingerprint density at radius 3 is 2.22 bits per heavy atom. The molecule has 0 spiro atoms. The van der Waals surface area contributed by atoms with Crippen LogP contribution in [0.4, 0.5) is 0 Å². The number of fused-ring (bicyclic) bond motifs is 7. The predicted octanol–water partition coefficient (Wildman–Crippen LogP) is 7.20. The van der Waals surface area contributed by atoms with Crippen LogP contribution < -0.4 is 0 Å². The first-order chi connectivity index (χ1) is 14.7. The number of Topliss-reactive ketones (excluding diaryl/α,β-unsaturated/α-hetero) is 1. The van der Waals surface area contributed by atoms with Crippen LogP contribution in [0.15, 0.2) is 12.2 Å². The van der Waals surface area contributed by atoms with E-state index < -0.39 is 11.5 Å². The highest BCUT2D eigenvalue weighted by Crippen LogP contribution is 2.77. The van der Waals surface area contributed by atoms with Gasteiger partial charge < -0.3 is 5.11 Å². The third kappa shape index (κ3) is 2.60. The first-order valence-electron chi connectivity index (χ1n) is 13.6. The molecule has 0 aromatic rings. The summed E-state index contributed by atoms with van der Waals surface area (Å²) in [5.74, 6) is 3.36. The molecule has 5 saturated carbocycles. The third-order valence-electron chi connectivity index (χ3n) is 13.2. The summed E-state index contributed by atoms with van der Waals surface area (Å²) < 4.78 is 0. The van der Waals surface area contributed by atoms with E-state index in [2.05, 4.69) is 55.0 Å². The molecule has 0 aromatic heterocycles. The number of hydrogen-bond acceptors (Lipinski definition) is 2. The van der Waals surface area contributed by atoms with Crippen molar-refractivity contribution in [3.8, 4) is 0 Å². The Bertz CT molecular complexity index is 842. The highest BCUT2D eigenvalue weighted by atomic mass is 16.3. The molecule has 0 heterocycles. The third-order valence-corrected chi connectivity index (χ3v) is 13.2. The van der Waals surface area contributed by atoms with Crippen molar-refractivity contribution in [2.24, 2.45) is 56.7 Å². The molecule has 2 nitrogen and oxygen atoms in total. The van der Waals surface area contributed by atoms with E-state index in [0.29, 0.717) is 40.4 Å². The van der Waals surface area contributed by atoms with Crippen molar-refractivity contribution in [1.29, 1.82) is 0 Å². The molecule has 0 amide bonds. The summed E-state index contributed by atoms with van der Waals surface area (Å²) in [4.78, 5) is 13.0. The van der Waals surface area contributed by atoms with Crippen LogP contribution in [0.2, 0.25) is 0 Å². The fraction of sp³-hybridized carbons (Fsp3) is 0.900. The SMILES string of the molecule is C=C(C)[C@@H]1CC[C@]2(C)CC[C@]3(C)[C@H](CC[C@@H]4[C@@]5(C)C[C@@H](O)C(=O)C(C)(C)[C@@H]5CC[C@]43C)[C@@H]12. The number of aliphatic hydroxyl groups excluding tert-OH is 1. The minimum atomic E-state index is -0.781. The minimum absolute atomic E-state index is 0.0575. The van der Waals surface area contributed by atoms with Gasteiger partial charge in [0.25, 0.3) is 0 Å². The van der Waals surface area contributed by atoms with Gasteiger partial charge in [0, 0.05) is 5.41 Å². The van der Waals surface area contributed by atoms with Gasteiger partial charge in [0.1, 0.15) is 6.10 Å². The summed E-state index contributed by atoms with van der Waals surface area (Å²) in [6.07, 6.45) is 10.3. The molecular formula is C30H48O2. The highest BCUT2D eigenvalue weighted by molar-refractivity contribution is 5.89. The number of carbonyl (C=O) groups is 1. The topological polar surface area (TPSA) is 37.3 Å². The smallest absolute Gasteiger partial charge is 0.167 e. The summed E-state index contributed by atoms with van der Waals surface area (Å²) >= 11 is 0. The zero-order chi connectivity index (χ0) is 23.5. The second-order valence-corrected chi connectivity index (χ2v) is 14.6. The van der Waals surface area contributed by atoms with Crippen molar-refractivity contribution in [3.05, 3.63) is 12.2 Å². The monoisotopic (exact) mass is 440 g/mol. The maximum absolute atomic E-state index is 13.0. The van der Waals surface area contributed by atoms with Crippen molar-refractivity contribution >= 4 is 5.78 Å². The molecule has 0 saturated heterocycles. The molecule has 5 aliphatic rings. The molecule has 0 unspecified atom stereocenters. The first kappa shape index (κ1) is 23.1. The quantitative estimate of drug-likeness (QED) is 0.438. The fourth-order valence-electron chi connectivity index (χ4n) is 11.4. The molecular weight excluding hydrogens is 392 g/mol. The molecule has 10 atom stereocenters. The van der Waals surface area contributed by atoms with Gasteiger partial charge in [-0.05, 0) is 116 Å². The van der Waals surface area contributed by atoms with E-state index in [1.807, 2.05) is 0 Å². The number of ketones is 1. The first-order valence-corrected chi connectivity index (χ1v) is 13.6. The van der Waals surface area contributed by atoms with Crippen molar-refractivity contribution < 1.29 is 9.90 Å². The van der Waals surface area contributed by atoms with Crippen LogP contribution in [0.5, 0.6) is 0 Å². The van der Waals surface area contributed by atoms with Gasteiger partial charge in [-0.15, -0.1) is 0 Å². The maximum atomic E-state index is 13.0. The average molecular weight is 441 g/mol. The van der Waals surface area contributed by atoms with Gasteiger partial charge in [-0.25, -0.2) is 0 Å². The lowest BCUT2D eigenvalue weighted by Gasteiger charge is -2.72. The van der Waals surface area contributed by atoms with Crippen LogP contribution in [0.3, 0.4) is 0 Å². The Morgan fingerprint density at radius 2 is 1.56 bits per heavy atom. The van der Waals surface area contributed by atoms with Crippen molar-refractivity contribution in [3.63, 3.8) is 0 Å². The van der Waals surface area contributed by atoms with Gasteiger partial charge in [0.2, 0.25) is 0 Å². The molecule has 5 rings (SSSR count). The number of aliphatic hydroxyl groups is 1. The molecule has 2 heteroatoms. The average Bonchev–Trinajstić information content (AvgIpc) is 3.05. The van der Waals surface area contributed by atoms with E-state index in [0.717, 1.165) is 18.3 Å². The van der Waals surface area contributed by atoms with E-state index in [9.17, 15) is 9.90 Å². The molecule has 0 radical (unpaired) electrons. The summed E-state index contributed by atoms with van der Waals surface area (Å²) in [7, 11) is 0. The van der Waals surface area contributed by atoms with Crippen LogP contribution >= 0.6 is 0 Å². The van der Waals surface area contributed by atoms with Crippen molar-refractivity contribution in [2.75, 3.05) is 0 Å². The van der Waals surface area contributed by atoms with E-state index in [-0.39, 0.29) is 11.2 Å². The van der Waals surface area contributed by atoms with Crippen LogP contribution in [-0.4, -0.2) is 17.0 Å². The minimum Gasteiger partial charge on any atom is -0.385 e. The normalized spacial score (nSPS) is 56.6. The van der Waals surface area contributed by atoms with E-state index in [1.165, 1.54) is 50.5 Å². The molecule has 5 aliphatic carbocycles. The number of carbonyl (C=O) groups excluding carboxylic acids is 1. The van der Waals surface area contributed by atoms with Gasteiger partial charge in [-0.3, -0.25) is 4.79 Å². The van der Waals surface area contributed by atoms with Gasteiger partial charge in [-0.1, -0.05) is 53.7 Å². The van der Waals surface area contributed by atoms with Gasteiger partial charge in [-0.2, -0.15) is 0 Å². The molecule has 0 aliphatic heterocycles. The lowest BCUT2D eigenvalue weighted by Crippen LogP contribution is -2.67. The van der Waals surface area contributed by atoms with E-state index >= 15 is 0 Å². The molecule has 180 valence electrons. The Morgan fingerprint density at radius 1 is 0.875 bits per heavy atom. The lowest BCUT2D eigenvalue weighted by molar-refractivity contribution is -0.239. The van der Waals surface area contributed by atoms with Gasteiger partial charge in [0.15, 0.2) is 5.78 Å². The molecule has 0 aromatic carbocycles. The second kappa shape index (κ2) is 6.73. The largest absolute Gasteiger partial charge is 0.385 e. The zero-order valence-corrected chi connectivity index (χ0v) is 21.9. The predicted molar refractivity (Wildman–Crippen MR) is 131 cm³/mol.